The highest BCUT2D eigenvalue weighted by Gasteiger charge is 2.49. The van der Waals surface area contributed by atoms with Crippen molar-refractivity contribution in [2.75, 3.05) is 0 Å². The van der Waals surface area contributed by atoms with Gasteiger partial charge in [-0.3, -0.25) is 9.69 Å². The smallest absolute Gasteiger partial charge is 0.319 e. The number of imide groups is 1. The van der Waals surface area contributed by atoms with Gasteiger partial charge in [0.15, 0.2) is 0 Å². The number of carbonyl (C=O) groups is 2. The summed E-state index contributed by atoms with van der Waals surface area (Å²) < 4.78 is 0. The van der Waals surface area contributed by atoms with Gasteiger partial charge in [-0.05, 0) is 35.4 Å². The van der Waals surface area contributed by atoms with Gasteiger partial charge in [0.2, 0.25) is 0 Å². The van der Waals surface area contributed by atoms with Crippen LogP contribution in [-0.2, 0) is 16.9 Å². The van der Waals surface area contributed by atoms with E-state index in [-0.39, 0.29) is 18.5 Å². The summed E-state index contributed by atoms with van der Waals surface area (Å²) in [7, 11) is 0. The quantitative estimate of drug-likeness (QED) is 0.604. The molecule has 4 rings (SSSR count). The molecule has 0 aliphatic carbocycles. The number of carbonyl (C=O) groups excluding carboxylic acids is 2. The highest BCUT2D eigenvalue weighted by Crippen LogP contribution is 2.32. The molecule has 1 aromatic carbocycles. The van der Waals surface area contributed by atoms with E-state index in [1.165, 1.54) is 21.8 Å². The molecule has 1 N–H and O–H groups in total. The third-order valence-electron chi connectivity index (χ3n) is 5.07. The van der Waals surface area contributed by atoms with Crippen LogP contribution in [0.15, 0.2) is 46.5 Å². The Kier molecular flexibility index (Phi) is 4.81. The number of benzene rings is 1. The SMILES string of the molecule is CC(C)c1ccc(C2(C)NC(=O)N(Cc3csc(-c4ccsc4)n3)C2=O)cc1. The fourth-order valence-electron chi connectivity index (χ4n) is 3.30. The summed E-state index contributed by atoms with van der Waals surface area (Å²) in [6.07, 6.45) is 0. The van der Waals surface area contributed by atoms with Crippen molar-refractivity contribution in [3.8, 4) is 10.6 Å². The van der Waals surface area contributed by atoms with Crippen LogP contribution in [0.4, 0.5) is 4.79 Å². The highest BCUT2D eigenvalue weighted by molar-refractivity contribution is 7.14. The maximum absolute atomic E-state index is 13.1. The molecule has 1 fully saturated rings. The zero-order valence-corrected chi connectivity index (χ0v) is 17.6. The molecule has 1 unspecified atom stereocenters. The van der Waals surface area contributed by atoms with Crippen LogP contribution in [0.3, 0.4) is 0 Å². The van der Waals surface area contributed by atoms with E-state index >= 15 is 0 Å². The molecule has 28 heavy (non-hydrogen) atoms. The third-order valence-corrected chi connectivity index (χ3v) is 6.69. The van der Waals surface area contributed by atoms with Crippen LogP contribution in [0.1, 0.15) is 43.5 Å². The molecule has 0 bridgehead atoms. The number of hydrogen-bond acceptors (Lipinski definition) is 5. The maximum Gasteiger partial charge on any atom is 0.325 e. The van der Waals surface area contributed by atoms with Gasteiger partial charge >= 0.3 is 6.03 Å². The van der Waals surface area contributed by atoms with Crippen LogP contribution in [0, 0.1) is 0 Å². The molecular formula is C21H21N3O2S2. The lowest BCUT2D eigenvalue weighted by Crippen LogP contribution is -2.40. The summed E-state index contributed by atoms with van der Waals surface area (Å²) in [5, 5.41) is 9.71. The number of thiophene rings is 1. The van der Waals surface area contributed by atoms with E-state index in [2.05, 4.69) is 24.1 Å². The number of nitrogens with zero attached hydrogens (tertiary/aromatic N) is 2. The molecule has 3 heterocycles. The summed E-state index contributed by atoms with van der Waals surface area (Å²) >= 11 is 3.13. The van der Waals surface area contributed by atoms with Gasteiger partial charge in [-0.25, -0.2) is 9.78 Å². The minimum atomic E-state index is -1.06. The fourth-order valence-corrected chi connectivity index (χ4v) is 4.82. The number of hydrogen-bond donors (Lipinski definition) is 1. The molecule has 1 aliphatic rings. The van der Waals surface area contributed by atoms with Crippen molar-refractivity contribution in [1.82, 2.24) is 15.2 Å². The zero-order valence-electron chi connectivity index (χ0n) is 15.9. The van der Waals surface area contributed by atoms with E-state index in [1.807, 2.05) is 46.5 Å². The molecule has 1 atom stereocenters. The van der Waals surface area contributed by atoms with E-state index in [1.54, 1.807) is 18.3 Å². The van der Waals surface area contributed by atoms with E-state index in [9.17, 15) is 9.59 Å². The van der Waals surface area contributed by atoms with Crippen LogP contribution in [0.25, 0.3) is 10.6 Å². The van der Waals surface area contributed by atoms with Crippen LogP contribution in [0.5, 0.6) is 0 Å². The Morgan fingerprint density at radius 1 is 1.14 bits per heavy atom. The van der Waals surface area contributed by atoms with Crippen LogP contribution in [-0.4, -0.2) is 21.8 Å². The molecule has 3 amide bonds. The summed E-state index contributed by atoms with van der Waals surface area (Å²) in [4.78, 5) is 31.5. The summed E-state index contributed by atoms with van der Waals surface area (Å²) in [6.45, 7) is 6.18. The highest BCUT2D eigenvalue weighted by atomic mass is 32.1. The van der Waals surface area contributed by atoms with Crippen molar-refractivity contribution in [2.45, 2.75) is 38.8 Å². The van der Waals surface area contributed by atoms with Gasteiger partial charge < -0.3 is 5.32 Å². The van der Waals surface area contributed by atoms with Crippen LogP contribution in [0.2, 0.25) is 0 Å². The molecular weight excluding hydrogens is 390 g/mol. The minimum absolute atomic E-state index is 0.172. The van der Waals surface area contributed by atoms with Crippen molar-refractivity contribution in [1.29, 1.82) is 0 Å². The van der Waals surface area contributed by atoms with E-state index in [0.29, 0.717) is 11.6 Å². The molecule has 7 heteroatoms. The number of rotatable bonds is 5. The lowest BCUT2D eigenvalue weighted by atomic mass is 9.90. The molecule has 144 valence electrons. The molecule has 5 nitrogen and oxygen atoms in total. The normalized spacial score (nSPS) is 19.5. The Morgan fingerprint density at radius 3 is 2.54 bits per heavy atom. The lowest BCUT2D eigenvalue weighted by Gasteiger charge is -2.22. The predicted octanol–water partition coefficient (Wildman–Crippen LogP) is 4.96. The van der Waals surface area contributed by atoms with Crippen LogP contribution < -0.4 is 5.32 Å². The number of amides is 3. The monoisotopic (exact) mass is 411 g/mol. The van der Waals surface area contributed by atoms with Gasteiger partial charge in [0, 0.05) is 16.3 Å². The first-order valence-electron chi connectivity index (χ1n) is 9.10. The Morgan fingerprint density at radius 2 is 1.89 bits per heavy atom. The Balaban J connectivity index is 1.55. The Hall–Kier alpha value is -2.51. The van der Waals surface area contributed by atoms with Gasteiger partial charge in [-0.2, -0.15) is 11.3 Å². The number of thiazole rings is 1. The van der Waals surface area contributed by atoms with Crippen molar-refractivity contribution < 1.29 is 9.59 Å². The van der Waals surface area contributed by atoms with Crippen molar-refractivity contribution >= 4 is 34.6 Å². The first-order chi connectivity index (χ1) is 13.4. The fraction of sp³-hybridized carbons (Fsp3) is 0.286. The predicted molar refractivity (Wildman–Crippen MR) is 112 cm³/mol. The first kappa shape index (κ1) is 18.8. The van der Waals surface area contributed by atoms with Gasteiger partial charge in [0.25, 0.3) is 5.91 Å². The van der Waals surface area contributed by atoms with Gasteiger partial charge in [0.1, 0.15) is 10.5 Å². The first-order valence-corrected chi connectivity index (χ1v) is 10.9. The largest absolute Gasteiger partial charge is 0.325 e. The summed E-state index contributed by atoms with van der Waals surface area (Å²) in [6, 6.07) is 9.51. The third kappa shape index (κ3) is 3.25. The van der Waals surface area contributed by atoms with Gasteiger partial charge in [-0.1, -0.05) is 38.1 Å². The topological polar surface area (TPSA) is 62.3 Å². The van der Waals surface area contributed by atoms with E-state index in [4.69, 9.17) is 0 Å². The van der Waals surface area contributed by atoms with Crippen molar-refractivity contribution in [2.24, 2.45) is 0 Å². The summed E-state index contributed by atoms with van der Waals surface area (Å²) in [5.41, 5.74) is 2.71. The molecule has 1 aliphatic heterocycles. The van der Waals surface area contributed by atoms with Crippen molar-refractivity contribution in [3.63, 3.8) is 0 Å². The number of urea groups is 1. The molecule has 3 aromatic rings. The maximum atomic E-state index is 13.1. The van der Waals surface area contributed by atoms with E-state index in [0.717, 1.165) is 16.1 Å². The van der Waals surface area contributed by atoms with Crippen LogP contribution >= 0.6 is 22.7 Å². The minimum Gasteiger partial charge on any atom is -0.319 e. The second kappa shape index (κ2) is 7.14. The average Bonchev–Trinajstić information content (AvgIpc) is 3.40. The number of nitrogens with one attached hydrogen (secondary N) is 1. The molecule has 2 aromatic heterocycles. The van der Waals surface area contributed by atoms with Gasteiger partial charge in [-0.15, -0.1) is 11.3 Å². The lowest BCUT2D eigenvalue weighted by molar-refractivity contribution is -0.131. The second-order valence-corrected chi connectivity index (χ2v) is 9.02. The summed E-state index contributed by atoms with van der Waals surface area (Å²) in [5.74, 6) is 0.161. The van der Waals surface area contributed by atoms with E-state index < -0.39 is 5.54 Å². The molecule has 0 saturated carbocycles. The van der Waals surface area contributed by atoms with Crippen molar-refractivity contribution in [3.05, 3.63) is 63.3 Å². The molecule has 0 radical (unpaired) electrons. The average molecular weight is 412 g/mol. The molecule has 1 saturated heterocycles. The zero-order chi connectivity index (χ0) is 19.9. The standard InChI is InChI=1S/C21H21N3O2S2/c1-13(2)14-4-6-16(7-5-14)21(3)19(25)24(20(26)23-21)10-17-12-28-18(22-17)15-8-9-27-11-15/h4-9,11-13H,10H2,1-3H3,(H,23,26). The Bertz CT molecular complexity index is 1010. The van der Waals surface area contributed by atoms with Gasteiger partial charge in [0.05, 0.1) is 12.2 Å². The second-order valence-electron chi connectivity index (χ2n) is 7.38. The number of aromatic nitrogens is 1. The Labute approximate surface area is 172 Å². The molecule has 0 spiro atoms.